The Bertz CT molecular complexity index is 569. The number of likely N-dealkylation sites (tertiary alicyclic amines) is 1. The van der Waals surface area contributed by atoms with Crippen LogP contribution in [-0.4, -0.2) is 62.7 Å². The topological polar surface area (TPSA) is 42.9 Å². The van der Waals surface area contributed by atoms with Crippen molar-refractivity contribution < 1.29 is 0 Å². The van der Waals surface area contributed by atoms with Crippen molar-refractivity contribution in [2.24, 2.45) is 10.9 Å². The summed E-state index contributed by atoms with van der Waals surface area (Å²) in [6, 6.07) is 11.9. The third kappa shape index (κ3) is 6.52. The molecule has 2 aliphatic rings. The Hall–Kier alpha value is -1.02. The van der Waals surface area contributed by atoms with Gasteiger partial charge in [-0.25, -0.2) is 0 Å². The van der Waals surface area contributed by atoms with Gasteiger partial charge < -0.3 is 20.4 Å². The van der Waals surface area contributed by atoms with Crippen LogP contribution in [-0.2, 0) is 0 Å². The summed E-state index contributed by atoms with van der Waals surface area (Å²) in [7, 11) is 1.88. The van der Waals surface area contributed by atoms with Crippen LogP contribution in [0.15, 0.2) is 35.3 Å². The first-order chi connectivity index (χ1) is 12.7. The number of guanidine groups is 1. The maximum absolute atomic E-state index is 4.44. The van der Waals surface area contributed by atoms with E-state index in [9.17, 15) is 0 Å². The molecule has 0 amide bonds. The molecule has 2 heterocycles. The van der Waals surface area contributed by atoms with E-state index < -0.39 is 0 Å². The van der Waals surface area contributed by atoms with E-state index in [0.29, 0.717) is 18.0 Å². The molecule has 1 aromatic carbocycles. The Labute approximate surface area is 182 Å². The molecule has 0 radical (unpaired) electrons. The van der Waals surface area contributed by atoms with Crippen LogP contribution in [0, 0.1) is 5.92 Å². The smallest absolute Gasteiger partial charge is 0.191 e. The molecule has 27 heavy (non-hydrogen) atoms. The quantitative estimate of drug-likeness (QED) is 0.382. The number of nitrogens with zero attached hydrogens (tertiary/aromatic N) is 3. The van der Waals surface area contributed by atoms with Crippen LogP contribution < -0.4 is 15.5 Å². The Morgan fingerprint density at radius 2 is 1.81 bits per heavy atom. The molecule has 0 spiro atoms. The predicted molar refractivity (Wildman–Crippen MR) is 126 cm³/mol. The summed E-state index contributed by atoms with van der Waals surface area (Å²) in [4.78, 5) is 9.49. The van der Waals surface area contributed by atoms with E-state index in [1.807, 2.05) is 7.05 Å². The van der Waals surface area contributed by atoms with E-state index >= 15 is 0 Å². The molecule has 1 unspecified atom stereocenters. The number of aliphatic imine (C=N–C) groups is 1. The van der Waals surface area contributed by atoms with Crippen molar-refractivity contribution in [1.82, 2.24) is 15.5 Å². The number of hydrogen-bond donors (Lipinski definition) is 2. The molecule has 0 aromatic heterocycles. The van der Waals surface area contributed by atoms with Crippen LogP contribution in [0.3, 0.4) is 0 Å². The van der Waals surface area contributed by atoms with Gasteiger partial charge in [0.2, 0.25) is 0 Å². The van der Waals surface area contributed by atoms with Crippen molar-refractivity contribution >= 4 is 35.6 Å². The minimum Gasteiger partial charge on any atom is -0.371 e. The number of para-hydroxylation sites is 1. The molecule has 2 fully saturated rings. The molecule has 1 atom stereocenters. The molecular formula is C21H36IN5. The summed E-state index contributed by atoms with van der Waals surface area (Å²) >= 11 is 0. The van der Waals surface area contributed by atoms with Gasteiger partial charge in [0.25, 0.3) is 0 Å². The monoisotopic (exact) mass is 485 g/mol. The first-order valence-electron chi connectivity index (χ1n) is 10.2. The summed E-state index contributed by atoms with van der Waals surface area (Å²) in [5, 5.41) is 7.19. The zero-order chi connectivity index (χ0) is 18.4. The highest BCUT2D eigenvalue weighted by Crippen LogP contribution is 2.23. The molecule has 1 aromatic rings. The van der Waals surface area contributed by atoms with Gasteiger partial charge in [-0.2, -0.15) is 0 Å². The largest absolute Gasteiger partial charge is 0.371 e. The molecule has 6 heteroatoms. The van der Waals surface area contributed by atoms with Crippen LogP contribution in [0.1, 0.15) is 33.1 Å². The van der Waals surface area contributed by atoms with Crippen LogP contribution in [0.5, 0.6) is 0 Å². The van der Waals surface area contributed by atoms with Crippen LogP contribution in [0.2, 0.25) is 0 Å². The fourth-order valence-electron chi connectivity index (χ4n) is 4.06. The molecule has 2 saturated heterocycles. The Morgan fingerprint density at radius 1 is 1.11 bits per heavy atom. The predicted octanol–water partition coefficient (Wildman–Crippen LogP) is 3.17. The molecule has 152 valence electrons. The fourth-order valence-corrected chi connectivity index (χ4v) is 4.06. The molecule has 5 nitrogen and oxygen atoms in total. The molecule has 0 aliphatic carbocycles. The van der Waals surface area contributed by atoms with Gasteiger partial charge in [0.15, 0.2) is 5.96 Å². The lowest BCUT2D eigenvalue weighted by Gasteiger charge is -2.35. The third-order valence-corrected chi connectivity index (χ3v) is 5.79. The second-order valence-corrected chi connectivity index (χ2v) is 7.94. The van der Waals surface area contributed by atoms with Crippen LogP contribution >= 0.6 is 24.0 Å². The van der Waals surface area contributed by atoms with E-state index in [4.69, 9.17) is 0 Å². The summed E-state index contributed by atoms with van der Waals surface area (Å²) in [6.07, 6.45) is 3.64. The van der Waals surface area contributed by atoms with E-state index in [-0.39, 0.29) is 24.0 Å². The van der Waals surface area contributed by atoms with E-state index in [1.54, 1.807) is 0 Å². The fraction of sp³-hybridized carbons (Fsp3) is 0.667. The standard InChI is InChI=1S/C21H35N5.HI/c1-17(2)25-13-10-19(11-14-25)24-21(22-3)23-15-18-9-12-26(16-18)20-7-5-4-6-8-20;/h4-8,17-19H,9-16H2,1-3H3,(H2,22,23,24);1H. The summed E-state index contributed by atoms with van der Waals surface area (Å²) in [6.45, 7) is 10.2. The lowest BCUT2D eigenvalue weighted by Crippen LogP contribution is -2.50. The highest BCUT2D eigenvalue weighted by molar-refractivity contribution is 14.0. The van der Waals surface area contributed by atoms with Gasteiger partial charge in [-0.1, -0.05) is 18.2 Å². The number of piperidine rings is 1. The van der Waals surface area contributed by atoms with Crippen molar-refractivity contribution in [2.75, 3.05) is 44.7 Å². The van der Waals surface area contributed by atoms with Crippen molar-refractivity contribution in [3.8, 4) is 0 Å². The van der Waals surface area contributed by atoms with E-state index in [0.717, 1.165) is 25.6 Å². The average Bonchev–Trinajstić information content (AvgIpc) is 3.15. The van der Waals surface area contributed by atoms with Gasteiger partial charge in [0.1, 0.15) is 0 Å². The van der Waals surface area contributed by atoms with E-state index in [2.05, 4.69) is 69.6 Å². The normalized spacial score (nSPS) is 22.0. The van der Waals surface area contributed by atoms with Crippen LogP contribution in [0.25, 0.3) is 0 Å². The first kappa shape index (κ1) is 22.3. The summed E-state index contributed by atoms with van der Waals surface area (Å²) in [5.41, 5.74) is 1.34. The van der Waals surface area contributed by atoms with Crippen molar-refractivity contribution in [3.05, 3.63) is 30.3 Å². The van der Waals surface area contributed by atoms with E-state index in [1.165, 1.54) is 38.0 Å². The second-order valence-electron chi connectivity index (χ2n) is 7.94. The minimum absolute atomic E-state index is 0. The molecule has 0 bridgehead atoms. The maximum Gasteiger partial charge on any atom is 0.191 e. The summed E-state index contributed by atoms with van der Waals surface area (Å²) in [5.74, 6) is 1.64. The molecule has 2 aliphatic heterocycles. The zero-order valence-corrected chi connectivity index (χ0v) is 19.4. The Kier molecular flexibility index (Phi) is 9.15. The number of nitrogens with one attached hydrogen (secondary N) is 2. The van der Waals surface area contributed by atoms with Gasteiger partial charge in [0, 0.05) is 57.5 Å². The Balaban J connectivity index is 0.00000261. The molecule has 0 saturated carbocycles. The van der Waals surface area contributed by atoms with Crippen molar-refractivity contribution in [3.63, 3.8) is 0 Å². The SMILES string of the molecule is CN=C(NCC1CCN(c2ccccc2)C1)NC1CCN(C(C)C)CC1.I. The summed E-state index contributed by atoms with van der Waals surface area (Å²) < 4.78 is 0. The lowest BCUT2D eigenvalue weighted by molar-refractivity contribution is 0.167. The maximum atomic E-state index is 4.44. The highest BCUT2D eigenvalue weighted by Gasteiger charge is 2.24. The van der Waals surface area contributed by atoms with Gasteiger partial charge in [-0.05, 0) is 51.2 Å². The van der Waals surface area contributed by atoms with Crippen molar-refractivity contribution in [1.29, 1.82) is 0 Å². The first-order valence-corrected chi connectivity index (χ1v) is 10.2. The second kappa shape index (κ2) is 11.1. The number of hydrogen-bond acceptors (Lipinski definition) is 3. The molecule has 3 rings (SSSR count). The number of anilines is 1. The van der Waals surface area contributed by atoms with Gasteiger partial charge in [0.05, 0.1) is 0 Å². The van der Waals surface area contributed by atoms with Crippen LogP contribution in [0.4, 0.5) is 5.69 Å². The Morgan fingerprint density at radius 3 is 2.44 bits per heavy atom. The third-order valence-electron chi connectivity index (χ3n) is 5.79. The minimum atomic E-state index is 0. The zero-order valence-electron chi connectivity index (χ0n) is 17.0. The number of rotatable bonds is 5. The average molecular weight is 485 g/mol. The van der Waals surface area contributed by atoms with Crippen molar-refractivity contribution in [2.45, 2.75) is 45.2 Å². The molecule has 2 N–H and O–H groups in total. The van der Waals surface area contributed by atoms with Gasteiger partial charge in [-0.15, -0.1) is 24.0 Å². The van der Waals surface area contributed by atoms with Gasteiger partial charge in [-0.3, -0.25) is 4.99 Å². The lowest BCUT2D eigenvalue weighted by atomic mass is 10.0. The number of halogens is 1. The number of benzene rings is 1. The molecular weight excluding hydrogens is 449 g/mol. The highest BCUT2D eigenvalue weighted by atomic mass is 127. The van der Waals surface area contributed by atoms with Gasteiger partial charge >= 0.3 is 0 Å².